The van der Waals surface area contributed by atoms with Crippen molar-refractivity contribution in [1.82, 2.24) is 19.7 Å². The second kappa shape index (κ2) is 4.44. The second-order valence-electron chi connectivity index (χ2n) is 3.77. The molecular formula is C11H12N4O3. The average molecular weight is 248 g/mol. The Kier molecular flexibility index (Phi) is 2.97. The van der Waals surface area contributed by atoms with Crippen LogP contribution in [0, 0.1) is 6.92 Å². The molecule has 0 bridgehead atoms. The zero-order chi connectivity index (χ0) is 13.3. The van der Waals surface area contributed by atoms with Crippen molar-refractivity contribution in [3.63, 3.8) is 0 Å². The fourth-order valence-electron chi connectivity index (χ4n) is 1.57. The molecule has 0 aliphatic carbocycles. The van der Waals surface area contributed by atoms with Gasteiger partial charge in [0.2, 0.25) is 5.95 Å². The van der Waals surface area contributed by atoms with E-state index >= 15 is 0 Å². The number of hydrogen-bond donors (Lipinski definition) is 2. The van der Waals surface area contributed by atoms with E-state index in [-0.39, 0.29) is 17.2 Å². The highest BCUT2D eigenvalue weighted by Crippen LogP contribution is 2.05. The molecule has 0 aliphatic heterocycles. The molecule has 0 saturated carbocycles. The first-order valence-corrected chi connectivity index (χ1v) is 5.42. The van der Waals surface area contributed by atoms with Crippen LogP contribution in [-0.4, -0.2) is 30.8 Å². The summed E-state index contributed by atoms with van der Waals surface area (Å²) >= 11 is 0. The average Bonchev–Trinajstić information content (AvgIpc) is 2.82. The molecule has 2 rings (SSSR count). The van der Waals surface area contributed by atoms with E-state index in [2.05, 4.69) is 15.1 Å². The van der Waals surface area contributed by atoms with Crippen molar-refractivity contribution >= 4 is 5.97 Å². The summed E-state index contributed by atoms with van der Waals surface area (Å²) in [5.41, 5.74) is 0.883. The number of nitrogens with zero attached hydrogens (tertiary/aromatic N) is 3. The molecule has 2 N–H and O–H groups in total. The maximum Gasteiger partial charge on any atom is 0.356 e. The van der Waals surface area contributed by atoms with Gasteiger partial charge in [0.25, 0.3) is 5.56 Å². The molecule has 0 fully saturated rings. The first-order chi connectivity index (χ1) is 8.52. The Morgan fingerprint density at radius 2 is 2.28 bits per heavy atom. The van der Waals surface area contributed by atoms with Crippen molar-refractivity contribution < 1.29 is 9.90 Å². The van der Waals surface area contributed by atoms with Crippen LogP contribution in [0.3, 0.4) is 0 Å². The molecule has 0 saturated heterocycles. The molecular weight excluding hydrogens is 236 g/mol. The maximum absolute atomic E-state index is 11.7. The fourth-order valence-corrected chi connectivity index (χ4v) is 1.57. The molecule has 2 aromatic heterocycles. The van der Waals surface area contributed by atoms with Crippen LogP contribution in [0.4, 0.5) is 0 Å². The third kappa shape index (κ3) is 2.02. The van der Waals surface area contributed by atoms with Crippen LogP contribution in [0.15, 0.2) is 17.1 Å². The summed E-state index contributed by atoms with van der Waals surface area (Å²) in [6.45, 7) is 3.59. The van der Waals surface area contributed by atoms with Gasteiger partial charge in [0.1, 0.15) is 0 Å². The Morgan fingerprint density at radius 1 is 1.56 bits per heavy atom. The molecule has 0 atom stereocenters. The Labute approximate surface area is 102 Å². The van der Waals surface area contributed by atoms with Crippen molar-refractivity contribution in [2.75, 3.05) is 0 Å². The monoisotopic (exact) mass is 248 g/mol. The lowest BCUT2D eigenvalue weighted by Crippen LogP contribution is -2.19. The lowest BCUT2D eigenvalue weighted by molar-refractivity contribution is 0.0690. The van der Waals surface area contributed by atoms with E-state index in [1.165, 1.54) is 16.9 Å². The zero-order valence-corrected chi connectivity index (χ0v) is 9.97. The van der Waals surface area contributed by atoms with Gasteiger partial charge in [-0.3, -0.25) is 9.78 Å². The first kappa shape index (κ1) is 12.0. The Morgan fingerprint density at radius 3 is 2.83 bits per heavy atom. The van der Waals surface area contributed by atoms with Gasteiger partial charge in [-0.15, -0.1) is 0 Å². The summed E-state index contributed by atoms with van der Waals surface area (Å²) in [6.07, 6.45) is 2.06. The molecule has 7 heteroatoms. The number of rotatable bonds is 3. The third-order valence-electron chi connectivity index (χ3n) is 2.60. The normalized spacial score (nSPS) is 10.6. The highest BCUT2D eigenvalue weighted by Gasteiger charge is 2.11. The predicted molar refractivity (Wildman–Crippen MR) is 63.1 cm³/mol. The predicted octanol–water partition coefficient (Wildman–Crippen LogP) is 0.525. The minimum atomic E-state index is -1.13. The number of carboxylic acids is 1. The van der Waals surface area contributed by atoms with Crippen LogP contribution in [0.2, 0.25) is 0 Å². The van der Waals surface area contributed by atoms with Gasteiger partial charge in [-0.1, -0.05) is 6.92 Å². The Bertz CT molecular complexity index is 657. The van der Waals surface area contributed by atoms with Crippen molar-refractivity contribution in [2.45, 2.75) is 20.3 Å². The van der Waals surface area contributed by atoms with Gasteiger partial charge in [-0.05, 0) is 19.4 Å². The summed E-state index contributed by atoms with van der Waals surface area (Å²) in [5, 5.41) is 12.6. The van der Waals surface area contributed by atoms with Crippen molar-refractivity contribution in [2.24, 2.45) is 0 Å². The van der Waals surface area contributed by atoms with Crippen LogP contribution in [0.25, 0.3) is 5.95 Å². The molecule has 7 nitrogen and oxygen atoms in total. The second-order valence-corrected chi connectivity index (χ2v) is 3.77. The molecule has 2 heterocycles. The summed E-state index contributed by atoms with van der Waals surface area (Å²) in [4.78, 5) is 29.2. The number of carbonyl (C=O) groups is 1. The van der Waals surface area contributed by atoms with Crippen molar-refractivity contribution in [3.05, 3.63) is 39.6 Å². The number of H-pyrrole nitrogens is 1. The number of carboxylic acid groups (broad SMARTS) is 1. The molecule has 94 valence electrons. The molecule has 18 heavy (non-hydrogen) atoms. The molecule has 0 unspecified atom stereocenters. The van der Waals surface area contributed by atoms with E-state index in [1.807, 2.05) is 6.92 Å². The molecule has 0 amide bonds. The maximum atomic E-state index is 11.7. The first-order valence-electron chi connectivity index (χ1n) is 5.42. The smallest absolute Gasteiger partial charge is 0.356 e. The lowest BCUT2D eigenvalue weighted by atomic mass is 10.2. The van der Waals surface area contributed by atoms with Crippen molar-refractivity contribution in [3.8, 4) is 5.95 Å². The van der Waals surface area contributed by atoms with E-state index in [9.17, 15) is 9.59 Å². The van der Waals surface area contributed by atoms with E-state index in [1.54, 1.807) is 6.92 Å². The number of hydrogen-bond acceptors (Lipinski definition) is 4. The van der Waals surface area contributed by atoms with Crippen LogP contribution < -0.4 is 5.56 Å². The minimum Gasteiger partial charge on any atom is -0.476 e. The summed E-state index contributed by atoms with van der Waals surface area (Å²) in [6, 6.07) is 1.34. The molecule has 0 aliphatic rings. The molecule has 2 aromatic rings. The largest absolute Gasteiger partial charge is 0.476 e. The van der Waals surface area contributed by atoms with Gasteiger partial charge in [0.15, 0.2) is 5.69 Å². The zero-order valence-electron chi connectivity index (χ0n) is 9.97. The highest BCUT2D eigenvalue weighted by atomic mass is 16.4. The lowest BCUT2D eigenvalue weighted by Gasteiger charge is -2.05. The number of aryl methyl sites for hydroxylation is 1. The number of aromatic amines is 1. The van der Waals surface area contributed by atoms with Gasteiger partial charge in [0, 0.05) is 11.8 Å². The minimum absolute atomic E-state index is 0.101. The molecule has 0 radical (unpaired) electrons. The quantitative estimate of drug-likeness (QED) is 0.824. The number of aromatic nitrogens is 4. The van der Waals surface area contributed by atoms with Crippen LogP contribution >= 0.6 is 0 Å². The van der Waals surface area contributed by atoms with Crippen molar-refractivity contribution in [1.29, 1.82) is 0 Å². The van der Waals surface area contributed by atoms with Gasteiger partial charge in [-0.2, -0.15) is 5.10 Å². The SMILES string of the molecule is CCc1nc(-n2ccc(C(=O)O)n2)[nH]c(=O)c1C. The van der Waals surface area contributed by atoms with Crippen LogP contribution in [-0.2, 0) is 6.42 Å². The van der Waals surface area contributed by atoms with Gasteiger partial charge < -0.3 is 5.11 Å². The molecule has 0 spiro atoms. The van der Waals surface area contributed by atoms with E-state index < -0.39 is 5.97 Å². The van der Waals surface area contributed by atoms with E-state index in [0.29, 0.717) is 17.7 Å². The third-order valence-corrected chi connectivity index (χ3v) is 2.60. The molecule has 0 aromatic carbocycles. The van der Waals surface area contributed by atoms with Gasteiger partial charge in [-0.25, -0.2) is 14.5 Å². The Hall–Kier alpha value is -2.44. The standard InChI is InChI=1S/C11H12N4O3/c1-3-7-6(2)9(16)13-11(12-7)15-5-4-8(14-15)10(17)18/h4-5H,3H2,1-2H3,(H,17,18)(H,12,13,16). The number of nitrogens with one attached hydrogen (secondary N) is 1. The highest BCUT2D eigenvalue weighted by molar-refractivity contribution is 5.85. The van der Waals surface area contributed by atoms with Gasteiger partial charge >= 0.3 is 5.97 Å². The number of aromatic carboxylic acids is 1. The fraction of sp³-hybridized carbons (Fsp3) is 0.273. The summed E-state index contributed by atoms with van der Waals surface area (Å²) in [5.74, 6) is -0.908. The Balaban J connectivity index is 2.53. The van der Waals surface area contributed by atoms with Crippen LogP contribution in [0.5, 0.6) is 0 Å². The van der Waals surface area contributed by atoms with Crippen LogP contribution in [0.1, 0.15) is 28.7 Å². The summed E-state index contributed by atoms with van der Waals surface area (Å²) in [7, 11) is 0. The summed E-state index contributed by atoms with van der Waals surface area (Å²) < 4.78 is 1.24. The topological polar surface area (TPSA) is 101 Å². The van der Waals surface area contributed by atoms with E-state index in [4.69, 9.17) is 5.11 Å². The van der Waals surface area contributed by atoms with E-state index in [0.717, 1.165) is 0 Å². The van der Waals surface area contributed by atoms with Gasteiger partial charge in [0.05, 0.1) is 5.69 Å².